The van der Waals surface area contributed by atoms with Crippen LogP contribution in [0.3, 0.4) is 0 Å². The molecule has 1 unspecified atom stereocenters. The van der Waals surface area contributed by atoms with E-state index in [0.717, 1.165) is 16.6 Å². The van der Waals surface area contributed by atoms with Gasteiger partial charge in [0, 0.05) is 23.5 Å². The van der Waals surface area contributed by atoms with E-state index in [-0.39, 0.29) is 17.6 Å². The summed E-state index contributed by atoms with van der Waals surface area (Å²) in [6, 6.07) is 4.43. The van der Waals surface area contributed by atoms with Crippen LogP contribution < -0.4 is 10.6 Å². The highest BCUT2D eigenvalue weighted by Gasteiger charge is 2.12. The van der Waals surface area contributed by atoms with Crippen molar-refractivity contribution in [2.45, 2.75) is 20.4 Å². The van der Waals surface area contributed by atoms with Crippen LogP contribution in [0.25, 0.3) is 0 Å². The fourth-order valence-electron chi connectivity index (χ4n) is 1.49. The van der Waals surface area contributed by atoms with E-state index in [1.165, 1.54) is 12.1 Å². The molecule has 1 amide bonds. The van der Waals surface area contributed by atoms with Gasteiger partial charge in [-0.1, -0.05) is 29.8 Å². The Morgan fingerprint density at radius 1 is 1.50 bits per heavy atom. The molecule has 0 aliphatic heterocycles. The Balaban J connectivity index is 2.49. The summed E-state index contributed by atoms with van der Waals surface area (Å²) in [5.41, 5.74) is 0.735. The maximum absolute atomic E-state index is 13.1. The highest BCUT2D eigenvalue weighted by Crippen LogP contribution is 2.17. The Bertz CT molecular complexity index is 412. The van der Waals surface area contributed by atoms with E-state index in [9.17, 15) is 9.18 Å². The molecule has 5 heteroatoms. The van der Waals surface area contributed by atoms with Crippen molar-refractivity contribution >= 4 is 21.8 Å². The van der Waals surface area contributed by atoms with Gasteiger partial charge < -0.3 is 10.6 Å². The maximum atomic E-state index is 13.1. The number of amides is 1. The molecule has 0 spiro atoms. The fourth-order valence-corrected chi connectivity index (χ4v) is 1.88. The second-order valence-electron chi connectivity index (χ2n) is 4.16. The summed E-state index contributed by atoms with van der Waals surface area (Å²) < 4.78 is 13.8. The SMILES string of the molecule is CCNCC(C)C(=O)NCc1cc(F)ccc1Br. The third-order valence-corrected chi connectivity index (χ3v) is 3.38. The van der Waals surface area contributed by atoms with Crippen LogP contribution >= 0.6 is 15.9 Å². The number of carbonyl (C=O) groups is 1. The lowest BCUT2D eigenvalue weighted by Gasteiger charge is -2.13. The number of halogens is 2. The summed E-state index contributed by atoms with van der Waals surface area (Å²) in [5, 5.41) is 5.92. The Morgan fingerprint density at radius 2 is 2.22 bits per heavy atom. The molecule has 0 aliphatic carbocycles. The molecular formula is C13H18BrFN2O. The second kappa shape index (κ2) is 7.48. The van der Waals surface area contributed by atoms with Gasteiger partial charge in [0.15, 0.2) is 0 Å². The fraction of sp³-hybridized carbons (Fsp3) is 0.462. The molecule has 2 N–H and O–H groups in total. The predicted octanol–water partition coefficient (Wildman–Crippen LogP) is 2.45. The molecule has 0 saturated carbocycles. The van der Waals surface area contributed by atoms with Crippen molar-refractivity contribution in [1.82, 2.24) is 10.6 Å². The Kier molecular flexibility index (Phi) is 6.29. The molecular weight excluding hydrogens is 299 g/mol. The molecule has 18 heavy (non-hydrogen) atoms. The van der Waals surface area contributed by atoms with Crippen LogP contribution in [-0.4, -0.2) is 19.0 Å². The van der Waals surface area contributed by atoms with Gasteiger partial charge >= 0.3 is 0 Å². The van der Waals surface area contributed by atoms with Crippen LogP contribution in [0.1, 0.15) is 19.4 Å². The Morgan fingerprint density at radius 3 is 2.89 bits per heavy atom. The predicted molar refractivity (Wildman–Crippen MR) is 73.7 cm³/mol. The van der Waals surface area contributed by atoms with Gasteiger partial charge in [-0.25, -0.2) is 4.39 Å². The molecule has 0 heterocycles. The molecule has 0 fully saturated rings. The molecule has 1 rings (SSSR count). The third-order valence-electron chi connectivity index (χ3n) is 2.61. The van der Waals surface area contributed by atoms with Gasteiger partial charge in [-0.3, -0.25) is 4.79 Å². The van der Waals surface area contributed by atoms with Gasteiger partial charge in [0.05, 0.1) is 0 Å². The van der Waals surface area contributed by atoms with Crippen molar-refractivity contribution in [1.29, 1.82) is 0 Å². The van der Waals surface area contributed by atoms with Gasteiger partial charge in [-0.15, -0.1) is 0 Å². The average Bonchev–Trinajstić information content (AvgIpc) is 2.36. The Hall–Kier alpha value is -0.940. The van der Waals surface area contributed by atoms with Crippen molar-refractivity contribution in [3.63, 3.8) is 0 Å². The van der Waals surface area contributed by atoms with Crippen LogP contribution in [-0.2, 0) is 11.3 Å². The number of hydrogen-bond donors (Lipinski definition) is 2. The first-order chi connectivity index (χ1) is 8.54. The van der Waals surface area contributed by atoms with Crippen LogP contribution in [0.5, 0.6) is 0 Å². The Labute approximate surface area is 115 Å². The topological polar surface area (TPSA) is 41.1 Å². The molecule has 1 aromatic rings. The zero-order valence-electron chi connectivity index (χ0n) is 10.6. The van der Waals surface area contributed by atoms with Gasteiger partial charge in [0.25, 0.3) is 0 Å². The largest absolute Gasteiger partial charge is 0.352 e. The van der Waals surface area contributed by atoms with Gasteiger partial charge in [-0.2, -0.15) is 0 Å². The molecule has 1 atom stereocenters. The first-order valence-corrected chi connectivity index (χ1v) is 6.76. The molecule has 3 nitrogen and oxygen atoms in total. The zero-order chi connectivity index (χ0) is 13.5. The minimum Gasteiger partial charge on any atom is -0.352 e. The highest BCUT2D eigenvalue weighted by atomic mass is 79.9. The molecule has 0 aromatic heterocycles. The van der Waals surface area contributed by atoms with Crippen LogP contribution in [0.15, 0.2) is 22.7 Å². The summed E-state index contributed by atoms with van der Waals surface area (Å²) in [6.45, 7) is 5.67. The summed E-state index contributed by atoms with van der Waals surface area (Å²) >= 11 is 3.33. The second-order valence-corrected chi connectivity index (χ2v) is 5.02. The van der Waals surface area contributed by atoms with Crippen molar-refractivity contribution in [3.05, 3.63) is 34.1 Å². The van der Waals surface area contributed by atoms with Gasteiger partial charge in [0.2, 0.25) is 5.91 Å². The van der Waals surface area contributed by atoms with Crippen LogP contribution in [0.2, 0.25) is 0 Å². The number of nitrogens with one attached hydrogen (secondary N) is 2. The summed E-state index contributed by atoms with van der Waals surface area (Å²) in [5.74, 6) is -0.437. The zero-order valence-corrected chi connectivity index (χ0v) is 12.2. The molecule has 1 aromatic carbocycles. The van der Waals surface area contributed by atoms with E-state index in [0.29, 0.717) is 13.1 Å². The van der Waals surface area contributed by atoms with E-state index < -0.39 is 0 Å². The lowest BCUT2D eigenvalue weighted by atomic mass is 10.1. The normalized spacial score (nSPS) is 12.2. The monoisotopic (exact) mass is 316 g/mol. The average molecular weight is 317 g/mol. The lowest BCUT2D eigenvalue weighted by Crippen LogP contribution is -2.35. The first-order valence-electron chi connectivity index (χ1n) is 5.97. The van der Waals surface area contributed by atoms with Gasteiger partial charge in [-0.05, 0) is 30.3 Å². The lowest BCUT2D eigenvalue weighted by molar-refractivity contribution is -0.124. The van der Waals surface area contributed by atoms with Crippen LogP contribution in [0, 0.1) is 11.7 Å². The standard InChI is InChI=1S/C13H18BrFN2O/c1-3-16-7-9(2)13(18)17-8-10-6-11(15)4-5-12(10)14/h4-6,9,16H,3,7-8H2,1-2H3,(H,17,18). The molecule has 0 aliphatic rings. The minimum atomic E-state index is -0.303. The highest BCUT2D eigenvalue weighted by molar-refractivity contribution is 9.10. The third kappa shape index (κ3) is 4.74. The summed E-state index contributed by atoms with van der Waals surface area (Å²) in [6.07, 6.45) is 0. The molecule has 0 saturated heterocycles. The van der Waals surface area contributed by atoms with Crippen molar-refractivity contribution < 1.29 is 9.18 Å². The van der Waals surface area contributed by atoms with E-state index in [4.69, 9.17) is 0 Å². The van der Waals surface area contributed by atoms with E-state index in [1.54, 1.807) is 6.07 Å². The number of hydrogen-bond acceptors (Lipinski definition) is 2. The van der Waals surface area contributed by atoms with Crippen molar-refractivity contribution in [2.75, 3.05) is 13.1 Å². The van der Waals surface area contributed by atoms with Gasteiger partial charge in [0.1, 0.15) is 5.82 Å². The number of carbonyl (C=O) groups excluding carboxylic acids is 1. The smallest absolute Gasteiger partial charge is 0.224 e. The minimum absolute atomic E-state index is 0.0351. The maximum Gasteiger partial charge on any atom is 0.224 e. The van der Waals surface area contributed by atoms with Crippen molar-refractivity contribution in [2.24, 2.45) is 5.92 Å². The van der Waals surface area contributed by atoms with Crippen LogP contribution in [0.4, 0.5) is 4.39 Å². The van der Waals surface area contributed by atoms with E-state index in [2.05, 4.69) is 26.6 Å². The molecule has 0 radical (unpaired) electrons. The number of benzene rings is 1. The molecule has 100 valence electrons. The first kappa shape index (κ1) is 15.1. The molecule has 0 bridgehead atoms. The van der Waals surface area contributed by atoms with E-state index in [1.807, 2.05) is 13.8 Å². The quantitative estimate of drug-likeness (QED) is 0.846. The van der Waals surface area contributed by atoms with E-state index >= 15 is 0 Å². The van der Waals surface area contributed by atoms with Crippen molar-refractivity contribution in [3.8, 4) is 0 Å². The summed E-state index contributed by atoms with van der Waals surface area (Å²) in [4.78, 5) is 11.8. The number of rotatable bonds is 6. The summed E-state index contributed by atoms with van der Waals surface area (Å²) in [7, 11) is 0.